The predicted octanol–water partition coefficient (Wildman–Crippen LogP) is 4.27. The number of rotatable bonds is 6. The fraction of sp³-hybridized carbons (Fsp3) is 0.150. The number of thiazole rings is 1. The lowest BCUT2D eigenvalue weighted by atomic mass is 10.1. The van der Waals surface area contributed by atoms with Crippen molar-refractivity contribution in [2.45, 2.75) is 19.0 Å². The molecule has 0 spiro atoms. The Bertz CT molecular complexity index is 1190. The lowest BCUT2D eigenvalue weighted by molar-refractivity contribution is -0.113. The summed E-state index contributed by atoms with van der Waals surface area (Å²) < 4.78 is 14.7. The van der Waals surface area contributed by atoms with Crippen LogP contribution >= 0.6 is 23.1 Å². The summed E-state index contributed by atoms with van der Waals surface area (Å²) in [5, 5.41) is 17.4. The van der Waals surface area contributed by atoms with Crippen LogP contribution < -0.4 is 5.32 Å². The molecule has 10 heteroatoms. The fourth-order valence-electron chi connectivity index (χ4n) is 2.83. The van der Waals surface area contributed by atoms with Crippen LogP contribution in [0.2, 0.25) is 0 Å². The highest BCUT2D eigenvalue weighted by Gasteiger charge is 2.14. The third-order valence-corrected chi connectivity index (χ3v) is 5.92. The van der Waals surface area contributed by atoms with Crippen LogP contribution in [0.4, 0.5) is 9.52 Å². The molecule has 0 radical (unpaired) electrons. The average Bonchev–Trinajstić information content (AvgIpc) is 3.37. The van der Waals surface area contributed by atoms with Crippen molar-refractivity contribution in [3.8, 4) is 16.9 Å². The Morgan fingerprint density at radius 1 is 1.20 bits per heavy atom. The standard InChI is InChI=1S/C20H17FN6OS2/c1-12-3-8-17(13(2)9-12)27-20(24-25-26-27)30-11-18(28)23-19-22-16(10-29-19)14-4-6-15(21)7-5-14/h3-10H,11H2,1-2H3,(H,22,23,28). The molecule has 0 saturated carbocycles. The van der Waals surface area contributed by atoms with Crippen molar-refractivity contribution in [1.82, 2.24) is 25.2 Å². The fourth-order valence-corrected chi connectivity index (χ4v) is 4.25. The zero-order valence-corrected chi connectivity index (χ0v) is 17.8. The van der Waals surface area contributed by atoms with Crippen LogP contribution in [0, 0.1) is 19.7 Å². The van der Waals surface area contributed by atoms with Gasteiger partial charge >= 0.3 is 0 Å². The van der Waals surface area contributed by atoms with E-state index in [0.29, 0.717) is 16.0 Å². The number of halogens is 1. The second-order valence-corrected chi connectivity index (χ2v) is 8.35. The Kier molecular flexibility index (Phi) is 5.86. The lowest BCUT2D eigenvalue weighted by Gasteiger charge is -2.08. The summed E-state index contributed by atoms with van der Waals surface area (Å²) in [6.07, 6.45) is 0. The smallest absolute Gasteiger partial charge is 0.236 e. The van der Waals surface area contributed by atoms with Crippen molar-refractivity contribution in [2.24, 2.45) is 0 Å². The Morgan fingerprint density at radius 2 is 2.00 bits per heavy atom. The largest absolute Gasteiger partial charge is 0.301 e. The highest BCUT2D eigenvalue weighted by Crippen LogP contribution is 2.26. The van der Waals surface area contributed by atoms with Gasteiger partial charge in [0.25, 0.3) is 0 Å². The second-order valence-electron chi connectivity index (χ2n) is 6.54. The minimum Gasteiger partial charge on any atom is -0.301 e. The molecular formula is C20H17FN6OS2. The van der Waals surface area contributed by atoms with Gasteiger partial charge in [-0.05, 0) is 60.2 Å². The monoisotopic (exact) mass is 440 g/mol. The van der Waals surface area contributed by atoms with E-state index in [1.807, 2.05) is 31.4 Å². The number of nitrogens with zero attached hydrogens (tertiary/aromatic N) is 5. The topological polar surface area (TPSA) is 85.6 Å². The van der Waals surface area contributed by atoms with Crippen LogP contribution in [-0.4, -0.2) is 36.9 Å². The zero-order valence-electron chi connectivity index (χ0n) is 16.2. The summed E-state index contributed by atoms with van der Waals surface area (Å²) in [6, 6.07) is 12.1. The summed E-state index contributed by atoms with van der Waals surface area (Å²) in [7, 11) is 0. The number of tetrazole rings is 1. The number of carbonyl (C=O) groups excluding carboxylic acids is 1. The van der Waals surface area contributed by atoms with Gasteiger partial charge in [-0.3, -0.25) is 4.79 Å². The first-order valence-corrected chi connectivity index (χ1v) is 10.9. The van der Waals surface area contributed by atoms with Gasteiger partial charge in [-0.2, -0.15) is 4.68 Å². The van der Waals surface area contributed by atoms with Gasteiger partial charge in [-0.1, -0.05) is 29.5 Å². The van der Waals surface area contributed by atoms with Crippen LogP contribution in [-0.2, 0) is 4.79 Å². The van der Waals surface area contributed by atoms with Crippen LogP contribution in [0.1, 0.15) is 11.1 Å². The highest BCUT2D eigenvalue weighted by atomic mass is 32.2. The van der Waals surface area contributed by atoms with E-state index in [-0.39, 0.29) is 17.5 Å². The third-order valence-electron chi connectivity index (χ3n) is 4.24. The van der Waals surface area contributed by atoms with Gasteiger partial charge in [0.05, 0.1) is 17.1 Å². The van der Waals surface area contributed by atoms with Crippen LogP contribution in [0.25, 0.3) is 16.9 Å². The molecule has 7 nitrogen and oxygen atoms in total. The molecule has 1 amide bonds. The van der Waals surface area contributed by atoms with E-state index in [2.05, 4.69) is 31.9 Å². The third kappa shape index (κ3) is 4.55. The first kappa shape index (κ1) is 20.2. The van der Waals surface area contributed by atoms with Crippen LogP contribution in [0.5, 0.6) is 0 Å². The van der Waals surface area contributed by atoms with Gasteiger partial charge in [-0.25, -0.2) is 9.37 Å². The van der Waals surface area contributed by atoms with Gasteiger partial charge in [0.1, 0.15) is 5.82 Å². The summed E-state index contributed by atoms with van der Waals surface area (Å²) >= 11 is 2.56. The number of hydrogen-bond donors (Lipinski definition) is 1. The van der Waals surface area contributed by atoms with Crippen molar-refractivity contribution in [3.63, 3.8) is 0 Å². The number of benzene rings is 2. The number of thioether (sulfide) groups is 1. The number of carbonyl (C=O) groups is 1. The van der Waals surface area contributed by atoms with Crippen LogP contribution in [0.15, 0.2) is 53.0 Å². The van der Waals surface area contributed by atoms with E-state index in [1.54, 1.807) is 16.8 Å². The molecule has 1 N–H and O–H groups in total. The zero-order chi connectivity index (χ0) is 21.1. The molecule has 2 aromatic heterocycles. The maximum Gasteiger partial charge on any atom is 0.236 e. The van der Waals surface area contributed by atoms with E-state index in [4.69, 9.17) is 0 Å². The molecule has 0 aliphatic carbocycles. The van der Waals surface area contributed by atoms with Crippen molar-refractivity contribution < 1.29 is 9.18 Å². The maximum atomic E-state index is 13.1. The van der Waals surface area contributed by atoms with Gasteiger partial charge < -0.3 is 5.32 Å². The highest BCUT2D eigenvalue weighted by molar-refractivity contribution is 7.99. The molecule has 0 atom stereocenters. The molecule has 0 fully saturated rings. The lowest BCUT2D eigenvalue weighted by Crippen LogP contribution is -2.14. The average molecular weight is 441 g/mol. The quantitative estimate of drug-likeness (QED) is 0.451. The molecule has 4 rings (SSSR count). The Hall–Kier alpha value is -3.11. The minimum atomic E-state index is -0.303. The maximum absolute atomic E-state index is 13.1. The molecule has 0 unspecified atom stereocenters. The predicted molar refractivity (Wildman–Crippen MR) is 115 cm³/mol. The van der Waals surface area contributed by atoms with E-state index < -0.39 is 0 Å². The number of aromatic nitrogens is 5. The summed E-state index contributed by atoms with van der Waals surface area (Å²) in [4.78, 5) is 16.8. The molecule has 2 heterocycles. The number of aryl methyl sites for hydroxylation is 2. The number of anilines is 1. The van der Waals surface area contributed by atoms with Gasteiger partial charge in [0, 0.05) is 10.9 Å². The number of hydrogen-bond acceptors (Lipinski definition) is 7. The van der Waals surface area contributed by atoms with Crippen molar-refractivity contribution >= 4 is 34.1 Å². The molecule has 0 aliphatic rings. The first-order chi connectivity index (χ1) is 14.5. The van der Waals surface area contributed by atoms with E-state index >= 15 is 0 Å². The van der Waals surface area contributed by atoms with Crippen LogP contribution in [0.3, 0.4) is 0 Å². The SMILES string of the molecule is Cc1ccc(-n2nnnc2SCC(=O)Nc2nc(-c3ccc(F)cc3)cs2)c(C)c1. The molecule has 152 valence electrons. The summed E-state index contributed by atoms with van der Waals surface area (Å²) in [5.74, 6) is -0.380. The number of amides is 1. The van der Waals surface area contributed by atoms with Crippen molar-refractivity contribution in [3.05, 3.63) is 64.8 Å². The molecule has 0 aliphatic heterocycles. The Morgan fingerprint density at radius 3 is 2.77 bits per heavy atom. The number of nitrogens with one attached hydrogen (secondary N) is 1. The molecule has 2 aromatic carbocycles. The van der Waals surface area contributed by atoms with Crippen molar-refractivity contribution in [1.29, 1.82) is 0 Å². The second kappa shape index (κ2) is 8.72. The molecular weight excluding hydrogens is 423 g/mol. The molecule has 4 aromatic rings. The van der Waals surface area contributed by atoms with Crippen molar-refractivity contribution in [2.75, 3.05) is 11.1 Å². The molecule has 0 saturated heterocycles. The summed E-state index contributed by atoms with van der Waals surface area (Å²) in [6.45, 7) is 4.02. The normalized spacial score (nSPS) is 10.9. The van der Waals surface area contributed by atoms with Gasteiger partial charge in [-0.15, -0.1) is 16.4 Å². The van der Waals surface area contributed by atoms with E-state index in [9.17, 15) is 9.18 Å². The first-order valence-electron chi connectivity index (χ1n) is 9.00. The molecule has 30 heavy (non-hydrogen) atoms. The molecule has 0 bridgehead atoms. The summed E-state index contributed by atoms with van der Waals surface area (Å²) in [5.41, 5.74) is 4.54. The van der Waals surface area contributed by atoms with Gasteiger partial charge in [0.2, 0.25) is 11.1 Å². The van der Waals surface area contributed by atoms with E-state index in [0.717, 1.165) is 22.4 Å². The Labute approximate surface area is 180 Å². The Balaban J connectivity index is 1.39. The van der Waals surface area contributed by atoms with Gasteiger partial charge in [0.15, 0.2) is 5.13 Å². The van der Waals surface area contributed by atoms with E-state index in [1.165, 1.54) is 35.2 Å². The minimum absolute atomic E-state index is 0.136.